The molecule has 1 fully saturated rings. The molecule has 3 N–H and O–H groups in total. The highest BCUT2D eigenvalue weighted by atomic mass is 31.3. The molecule has 1 unspecified atom stereocenters. The summed E-state index contributed by atoms with van der Waals surface area (Å²) in [5.74, 6) is 0.101. The molecule has 1 rings (SSSR count). The normalized spacial score (nSPS) is 23.8. The van der Waals surface area contributed by atoms with E-state index in [4.69, 9.17) is 14.3 Å². The van der Waals surface area contributed by atoms with Gasteiger partial charge in [-0.15, -0.1) is 0 Å². The van der Waals surface area contributed by atoms with E-state index in [-0.39, 0.29) is 23.9 Å². The number of allylic oxidation sites excluding steroid dienone is 10. The minimum atomic E-state index is -5.15. The lowest BCUT2D eigenvalue weighted by molar-refractivity contribution is 0.166. The molecule has 0 aromatic heterocycles. The fourth-order valence-corrected chi connectivity index (χ4v) is 6.54. The molecule has 39 heavy (non-hydrogen) atoms. The number of phosphoric ester groups is 1. The molecule has 0 aromatic carbocycles. The van der Waals surface area contributed by atoms with Crippen LogP contribution in [0.15, 0.2) is 58.2 Å². The van der Waals surface area contributed by atoms with Crippen molar-refractivity contribution >= 4 is 15.6 Å². The van der Waals surface area contributed by atoms with Crippen LogP contribution in [0.25, 0.3) is 0 Å². The summed E-state index contributed by atoms with van der Waals surface area (Å²) in [4.78, 5) is 27.6. The van der Waals surface area contributed by atoms with Crippen LogP contribution in [0.5, 0.6) is 0 Å². The molecular formula is C30H52O7P2. The molecular weight excluding hydrogens is 534 g/mol. The van der Waals surface area contributed by atoms with Gasteiger partial charge in [-0.25, -0.2) is 9.13 Å². The van der Waals surface area contributed by atoms with Crippen LogP contribution in [0.1, 0.15) is 107 Å². The highest BCUT2D eigenvalue weighted by molar-refractivity contribution is 7.60. The third-order valence-corrected chi connectivity index (χ3v) is 9.57. The first-order valence-corrected chi connectivity index (χ1v) is 17.0. The van der Waals surface area contributed by atoms with Gasteiger partial charge in [-0.1, -0.05) is 65.2 Å². The van der Waals surface area contributed by atoms with Crippen molar-refractivity contribution in [3.8, 4) is 0 Å². The zero-order valence-electron chi connectivity index (χ0n) is 25.3. The summed E-state index contributed by atoms with van der Waals surface area (Å²) in [5.41, 5.74) is 6.50. The van der Waals surface area contributed by atoms with Gasteiger partial charge in [-0.2, -0.15) is 4.31 Å². The zero-order valence-corrected chi connectivity index (χ0v) is 27.1. The van der Waals surface area contributed by atoms with Gasteiger partial charge in [0.05, 0.1) is 6.61 Å². The quantitative estimate of drug-likeness (QED) is 0.108. The van der Waals surface area contributed by atoms with Crippen LogP contribution < -0.4 is 0 Å². The van der Waals surface area contributed by atoms with Crippen LogP contribution in [0.4, 0.5) is 0 Å². The molecule has 4 atom stereocenters. The smallest absolute Gasteiger partial charge is 0.302 e. The first-order chi connectivity index (χ1) is 17.9. The molecule has 224 valence electrons. The predicted molar refractivity (Wildman–Crippen MR) is 161 cm³/mol. The van der Waals surface area contributed by atoms with Crippen molar-refractivity contribution in [1.82, 2.24) is 0 Å². The van der Waals surface area contributed by atoms with Crippen molar-refractivity contribution in [3.05, 3.63) is 58.2 Å². The monoisotopic (exact) mass is 586 g/mol. The van der Waals surface area contributed by atoms with Gasteiger partial charge < -0.3 is 14.7 Å². The van der Waals surface area contributed by atoms with E-state index in [0.29, 0.717) is 0 Å². The van der Waals surface area contributed by atoms with E-state index in [1.807, 2.05) is 0 Å². The Morgan fingerprint density at radius 2 is 1.21 bits per heavy atom. The SMILES string of the molecule is CC(C)=CCCC(C)=CCCC(C)=C[C@@H]1[C@@H](COP(=O)(O)OP(=O)(O)O)[C@]1(C)CCC=C(C)CCC=C(C)C. The summed E-state index contributed by atoms with van der Waals surface area (Å²) in [6.45, 7) is 16.9. The van der Waals surface area contributed by atoms with Gasteiger partial charge in [0.1, 0.15) is 0 Å². The lowest BCUT2D eigenvalue weighted by Gasteiger charge is -2.14. The Bertz CT molecular complexity index is 1040. The van der Waals surface area contributed by atoms with Gasteiger partial charge in [0.2, 0.25) is 0 Å². The average molecular weight is 587 g/mol. The fourth-order valence-electron chi connectivity index (χ4n) is 4.93. The molecule has 0 spiro atoms. The van der Waals surface area contributed by atoms with Crippen molar-refractivity contribution in [2.75, 3.05) is 6.61 Å². The van der Waals surface area contributed by atoms with Crippen molar-refractivity contribution in [2.24, 2.45) is 17.3 Å². The number of hydrogen-bond donors (Lipinski definition) is 3. The highest BCUT2D eigenvalue weighted by Crippen LogP contribution is 2.65. The second kappa shape index (κ2) is 16.4. The van der Waals surface area contributed by atoms with Crippen LogP contribution in [0.3, 0.4) is 0 Å². The van der Waals surface area contributed by atoms with Gasteiger partial charge in [-0.3, -0.25) is 4.52 Å². The minimum Gasteiger partial charge on any atom is -0.302 e. The van der Waals surface area contributed by atoms with Gasteiger partial charge in [-0.05, 0) is 117 Å². The van der Waals surface area contributed by atoms with E-state index in [9.17, 15) is 14.0 Å². The standard InChI is InChI=1S/C30H52O7P2/c1-23(2)13-9-15-25(5)17-11-18-27(7)21-28-29(22-36-39(34,35)37-38(31,32)33)30(28,8)20-12-19-26(6)16-10-14-24(3)4/h13-14,17,19,21,28-29H,9-12,15-16,18,20,22H2,1-8H3,(H,34,35)(H2,31,32,33)/t28-,29-,30-/m1/s1. The van der Waals surface area contributed by atoms with Crippen LogP contribution in [-0.2, 0) is 18.0 Å². The second-order valence-electron chi connectivity index (χ2n) is 11.8. The molecule has 0 aromatic rings. The van der Waals surface area contributed by atoms with Crippen LogP contribution in [0, 0.1) is 17.3 Å². The second-order valence-corrected chi connectivity index (χ2v) is 14.6. The summed E-state index contributed by atoms with van der Waals surface area (Å²) >= 11 is 0. The molecule has 0 bridgehead atoms. The van der Waals surface area contributed by atoms with Crippen LogP contribution >= 0.6 is 15.6 Å². The van der Waals surface area contributed by atoms with Crippen molar-refractivity contribution in [3.63, 3.8) is 0 Å². The van der Waals surface area contributed by atoms with E-state index < -0.39 is 15.6 Å². The van der Waals surface area contributed by atoms with Crippen molar-refractivity contribution in [1.29, 1.82) is 0 Å². The molecule has 1 saturated carbocycles. The van der Waals surface area contributed by atoms with E-state index >= 15 is 0 Å². The molecule has 0 amide bonds. The average Bonchev–Trinajstić information content (AvgIpc) is 3.31. The van der Waals surface area contributed by atoms with Gasteiger partial charge in [0, 0.05) is 0 Å². The third-order valence-electron chi connectivity index (χ3n) is 7.41. The summed E-state index contributed by atoms with van der Waals surface area (Å²) < 4.78 is 32.1. The van der Waals surface area contributed by atoms with Gasteiger partial charge >= 0.3 is 15.6 Å². The lowest BCUT2D eigenvalue weighted by atomic mass is 9.95. The fraction of sp³-hybridized carbons (Fsp3) is 0.667. The topological polar surface area (TPSA) is 113 Å². The minimum absolute atomic E-state index is 0.0472. The summed E-state index contributed by atoms with van der Waals surface area (Å²) in [6, 6.07) is 0. The van der Waals surface area contributed by atoms with Crippen molar-refractivity contribution < 1.29 is 32.6 Å². The number of rotatable bonds is 18. The summed E-state index contributed by atoms with van der Waals surface area (Å²) in [6.07, 6.45) is 19.1. The molecule has 1 aliphatic carbocycles. The highest BCUT2D eigenvalue weighted by Gasteiger charge is 2.59. The van der Waals surface area contributed by atoms with Crippen LogP contribution in [0.2, 0.25) is 0 Å². The van der Waals surface area contributed by atoms with Crippen LogP contribution in [-0.4, -0.2) is 21.3 Å². The molecule has 0 aliphatic heterocycles. The van der Waals surface area contributed by atoms with Gasteiger partial charge in [0.15, 0.2) is 0 Å². The molecule has 7 nitrogen and oxygen atoms in total. The van der Waals surface area contributed by atoms with Gasteiger partial charge in [0.25, 0.3) is 0 Å². The Morgan fingerprint density at radius 3 is 1.69 bits per heavy atom. The van der Waals surface area contributed by atoms with E-state index in [1.165, 1.54) is 27.9 Å². The first kappa shape index (κ1) is 36.0. The summed E-state index contributed by atoms with van der Waals surface area (Å²) in [7, 11) is -10.0. The van der Waals surface area contributed by atoms with Crippen molar-refractivity contribution in [2.45, 2.75) is 107 Å². The molecule has 0 heterocycles. The molecule has 0 saturated heterocycles. The van der Waals surface area contributed by atoms with E-state index in [2.05, 4.69) is 90.1 Å². The maximum atomic E-state index is 12.0. The van der Waals surface area contributed by atoms with E-state index in [0.717, 1.165) is 51.4 Å². The largest absolute Gasteiger partial charge is 0.481 e. The lowest BCUT2D eigenvalue weighted by Crippen LogP contribution is -2.04. The zero-order chi connectivity index (χ0) is 29.9. The Balaban J connectivity index is 2.85. The first-order valence-electron chi connectivity index (χ1n) is 13.9. The summed E-state index contributed by atoms with van der Waals surface area (Å²) in [5, 5.41) is 0. The molecule has 9 heteroatoms. The maximum absolute atomic E-state index is 12.0. The molecule has 1 aliphatic rings. The predicted octanol–water partition coefficient (Wildman–Crippen LogP) is 9.36. The molecule has 0 radical (unpaired) electrons. The van der Waals surface area contributed by atoms with E-state index in [1.54, 1.807) is 0 Å². The Morgan fingerprint density at radius 1 is 0.744 bits per heavy atom. The Kier molecular flexibility index (Phi) is 15.1. The third kappa shape index (κ3) is 15.5. The Hall–Kier alpha value is -1.04. The number of hydrogen-bond acceptors (Lipinski definition) is 4. The number of phosphoric acid groups is 2. The maximum Gasteiger partial charge on any atom is 0.481 e. The Labute approximate surface area is 237 Å².